The Kier molecular flexibility index (Phi) is 8.01. The van der Waals surface area contributed by atoms with Gasteiger partial charge in [-0.1, -0.05) is 19.3 Å². The molecule has 1 aliphatic heterocycles. The molecule has 0 radical (unpaired) electrons. The molecule has 0 aromatic rings. The van der Waals surface area contributed by atoms with E-state index in [1.165, 1.54) is 45.1 Å². The number of likely N-dealkylation sites (tertiary alicyclic amines) is 1. The van der Waals surface area contributed by atoms with Crippen LogP contribution in [0.5, 0.6) is 0 Å². The van der Waals surface area contributed by atoms with E-state index >= 15 is 0 Å². The minimum Gasteiger partial charge on any atom is -0.393 e. The van der Waals surface area contributed by atoms with Gasteiger partial charge in [-0.15, -0.1) is 0 Å². The van der Waals surface area contributed by atoms with E-state index < -0.39 is 0 Å². The van der Waals surface area contributed by atoms with Crippen molar-refractivity contribution in [1.82, 2.24) is 4.90 Å². The van der Waals surface area contributed by atoms with E-state index in [9.17, 15) is 5.11 Å². The number of nitrogens with zero attached hydrogens (tertiary/aromatic N) is 1. The van der Waals surface area contributed by atoms with E-state index in [0.29, 0.717) is 25.2 Å². The van der Waals surface area contributed by atoms with E-state index in [0.717, 1.165) is 26.0 Å². The summed E-state index contributed by atoms with van der Waals surface area (Å²) in [7, 11) is 1.71. The topological polar surface area (TPSA) is 41.9 Å². The first-order chi connectivity index (χ1) is 10.3. The van der Waals surface area contributed by atoms with E-state index in [2.05, 4.69) is 4.90 Å². The number of ether oxygens (including phenoxy) is 2. The Morgan fingerprint density at radius 3 is 2.62 bits per heavy atom. The van der Waals surface area contributed by atoms with Gasteiger partial charge >= 0.3 is 0 Å². The molecule has 4 nitrogen and oxygen atoms in total. The van der Waals surface area contributed by atoms with Gasteiger partial charge in [-0.3, -0.25) is 4.90 Å². The molecule has 2 fully saturated rings. The summed E-state index contributed by atoms with van der Waals surface area (Å²) in [6, 6.07) is 0.605. The summed E-state index contributed by atoms with van der Waals surface area (Å²) in [4.78, 5) is 2.63. The maximum atomic E-state index is 10.3. The molecule has 1 saturated carbocycles. The van der Waals surface area contributed by atoms with Crippen molar-refractivity contribution in [2.24, 2.45) is 5.92 Å². The molecule has 4 heteroatoms. The zero-order valence-electron chi connectivity index (χ0n) is 13.6. The van der Waals surface area contributed by atoms with Crippen molar-refractivity contribution in [2.45, 2.75) is 63.5 Å². The fraction of sp³-hybridized carbons (Fsp3) is 1.00. The monoisotopic (exact) mass is 299 g/mol. The van der Waals surface area contributed by atoms with Crippen LogP contribution in [-0.2, 0) is 9.47 Å². The predicted molar refractivity (Wildman–Crippen MR) is 84.5 cm³/mol. The van der Waals surface area contributed by atoms with E-state index in [4.69, 9.17) is 9.47 Å². The molecule has 3 unspecified atom stereocenters. The summed E-state index contributed by atoms with van der Waals surface area (Å²) < 4.78 is 10.5. The highest BCUT2D eigenvalue weighted by atomic mass is 16.5. The fourth-order valence-corrected chi connectivity index (χ4v) is 3.98. The molecule has 1 N–H and O–H groups in total. The number of piperidine rings is 1. The number of hydrogen-bond acceptors (Lipinski definition) is 4. The molecule has 21 heavy (non-hydrogen) atoms. The Morgan fingerprint density at radius 2 is 1.81 bits per heavy atom. The minimum atomic E-state index is -0.0673. The van der Waals surface area contributed by atoms with Gasteiger partial charge in [0.15, 0.2) is 0 Å². The van der Waals surface area contributed by atoms with Crippen molar-refractivity contribution in [2.75, 3.05) is 40.0 Å². The standard InChI is InChI=1S/C17H33NO3/c1-20-13-14-21-12-6-11-18-10-5-4-8-16(18)15-7-2-3-9-17(15)19/h15-17,19H,2-14H2,1H3. The van der Waals surface area contributed by atoms with Crippen LogP contribution in [0, 0.1) is 5.92 Å². The Morgan fingerprint density at radius 1 is 1.00 bits per heavy atom. The van der Waals surface area contributed by atoms with Crippen LogP contribution < -0.4 is 0 Å². The number of rotatable bonds is 8. The van der Waals surface area contributed by atoms with Gasteiger partial charge in [-0.05, 0) is 38.6 Å². The summed E-state index contributed by atoms with van der Waals surface area (Å²) in [5, 5.41) is 10.3. The van der Waals surface area contributed by atoms with Crippen molar-refractivity contribution >= 4 is 0 Å². The van der Waals surface area contributed by atoms with Crippen LogP contribution in [0.2, 0.25) is 0 Å². The van der Waals surface area contributed by atoms with E-state index in [1.807, 2.05) is 0 Å². The molecule has 0 spiro atoms. The lowest BCUT2D eigenvalue weighted by Gasteiger charge is -2.43. The summed E-state index contributed by atoms with van der Waals surface area (Å²) in [6.45, 7) is 4.51. The van der Waals surface area contributed by atoms with Gasteiger partial charge in [0.25, 0.3) is 0 Å². The third-order valence-electron chi connectivity index (χ3n) is 5.11. The molecule has 0 amide bonds. The van der Waals surface area contributed by atoms with Gasteiger partial charge in [-0.2, -0.15) is 0 Å². The lowest BCUT2D eigenvalue weighted by molar-refractivity contribution is -0.00947. The number of aliphatic hydroxyl groups is 1. The molecule has 2 aliphatic rings. The lowest BCUT2D eigenvalue weighted by atomic mass is 9.78. The normalized spacial score (nSPS) is 31.4. The third-order valence-corrected chi connectivity index (χ3v) is 5.11. The first-order valence-electron chi connectivity index (χ1n) is 8.81. The molecular formula is C17H33NO3. The molecule has 0 aromatic carbocycles. The van der Waals surface area contributed by atoms with Gasteiger partial charge in [-0.25, -0.2) is 0 Å². The number of aliphatic hydroxyl groups excluding tert-OH is 1. The Bertz CT molecular complexity index is 275. The smallest absolute Gasteiger partial charge is 0.0700 e. The molecule has 3 atom stereocenters. The van der Waals surface area contributed by atoms with Crippen molar-refractivity contribution in [3.8, 4) is 0 Å². The van der Waals surface area contributed by atoms with Crippen LogP contribution in [0.15, 0.2) is 0 Å². The summed E-state index contributed by atoms with van der Waals surface area (Å²) >= 11 is 0. The Balaban J connectivity index is 1.73. The van der Waals surface area contributed by atoms with Crippen LogP contribution in [-0.4, -0.2) is 62.2 Å². The van der Waals surface area contributed by atoms with Gasteiger partial charge in [0.1, 0.15) is 0 Å². The molecule has 124 valence electrons. The third kappa shape index (κ3) is 5.51. The van der Waals surface area contributed by atoms with Crippen molar-refractivity contribution in [3.63, 3.8) is 0 Å². The van der Waals surface area contributed by atoms with Crippen LogP contribution in [0.3, 0.4) is 0 Å². The second-order valence-electron chi connectivity index (χ2n) is 6.57. The highest BCUT2D eigenvalue weighted by molar-refractivity contribution is 4.88. The zero-order valence-corrected chi connectivity index (χ0v) is 13.6. The average Bonchev–Trinajstić information content (AvgIpc) is 2.52. The van der Waals surface area contributed by atoms with E-state index in [1.54, 1.807) is 7.11 Å². The van der Waals surface area contributed by atoms with Crippen molar-refractivity contribution < 1.29 is 14.6 Å². The highest BCUT2D eigenvalue weighted by Crippen LogP contribution is 2.34. The maximum absolute atomic E-state index is 10.3. The molecule has 0 aromatic heterocycles. The quantitative estimate of drug-likeness (QED) is 0.699. The van der Waals surface area contributed by atoms with Crippen LogP contribution >= 0.6 is 0 Å². The number of methoxy groups -OCH3 is 1. The highest BCUT2D eigenvalue weighted by Gasteiger charge is 2.35. The summed E-state index contributed by atoms with van der Waals surface area (Å²) in [5.74, 6) is 0.508. The van der Waals surface area contributed by atoms with Gasteiger partial charge < -0.3 is 14.6 Å². The molecule has 1 heterocycles. The van der Waals surface area contributed by atoms with Gasteiger partial charge in [0.05, 0.1) is 19.3 Å². The van der Waals surface area contributed by atoms with Crippen LogP contribution in [0.4, 0.5) is 0 Å². The molecule has 1 saturated heterocycles. The molecule has 0 bridgehead atoms. The lowest BCUT2D eigenvalue weighted by Crippen LogP contribution is -2.49. The fourth-order valence-electron chi connectivity index (χ4n) is 3.98. The Labute approximate surface area is 129 Å². The Hall–Kier alpha value is -0.160. The van der Waals surface area contributed by atoms with Gasteiger partial charge in [0, 0.05) is 32.2 Å². The maximum Gasteiger partial charge on any atom is 0.0700 e. The molecule has 2 rings (SSSR count). The minimum absolute atomic E-state index is 0.0673. The first-order valence-corrected chi connectivity index (χ1v) is 8.81. The molecule has 1 aliphatic carbocycles. The van der Waals surface area contributed by atoms with Crippen molar-refractivity contribution in [3.05, 3.63) is 0 Å². The summed E-state index contributed by atoms with van der Waals surface area (Å²) in [5.41, 5.74) is 0. The largest absolute Gasteiger partial charge is 0.393 e. The predicted octanol–water partition coefficient (Wildman–Crippen LogP) is 2.45. The SMILES string of the molecule is COCCOCCCN1CCCCC1C1CCCCC1O. The van der Waals surface area contributed by atoms with Crippen molar-refractivity contribution in [1.29, 1.82) is 0 Å². The average molecular weight is 299 g/mol. The second-order valence-corrected chi connectivity index (χ2v) is 6.57. The van der Waals surface area contributed by atoms with Crippen LogP contribution in [0.25, 0.3) is 0 Å². The van der Waals surface area contributed by atoms with Gasteiger partial charge in [0.2, 0.25) is 0 Å². The summed E-state index contributed by atoms with van der Waals surface area (Å²) in [6.07, 6.45) is 9.65. The zero-order chi connectivity index (χ0) is 14.9. The second kappa shape index (κ2) is 9.78. The first kappa shape index (κ1) is 17.2. The van der Waals surface area contributed by atoms with E-state index in [-0.39, 0.29) is 6.10 Å². The molecular weight excluding hydrogens is 266 g/mol. The van der Waals surface area contributed by atoms with Crippen LogP contribution in [0.1, 0.15) is 51.4 Å². The number of hydrogen-bond donors (Lipinski definition) is 1.